The summed E-state index contributed by atoms with van der Waals surface area (Å²) < 4.78 is 5.24. The van der Waals surface area contributed by atoms with Crippen molar-refractivity contribution in [2.24, 2.45) is 0 Å². The highest BCUT2D eigenvalue weighted by atomic mass is 32.2. The Balaban J connectivity index is 1.55. The van der Waals surface area contributed by atoms with Crippen LogP contribution in [0.25, 0.3) is 11.3 Å². The van der Waals surface area contributed by atoms with Crippen LogP contribution < -0.4 is 0 Å². The highest BCUT2D eigenvalue weighted by Gasteiger charge is 2.14. The minimum Gasteiger partial charge on any atom is -0.416 e. The van der Waals surface area contributed by atoms with Crippen molar-refractivity contribution >= 4 is 17.7 Å². The van der Waals surface area contributed by atoms with Gasteiger partial charge in [-0.25, -0.2) is 0 Å². The topological polar surface area (TPSA) is 87.9 Å². The van der Waals surface area contributed by atoms with Crippen molar-refractivity contribution in [3.05, 3.63) is 48.0 Å². The third-order valence-electron chi connectivity index (χ3n) is 3.36. The zero-order valence-corrected chi connectivity index (χ0v) is 14.2. The number of carbonyl (C=O) groups is 1. The van der Waals surface area contributed by atoms with E-state index in [0.717, 1.165) is 17.0 Å². The van der Waals surface area contributed by atoms with E-state index in [1.165, 1.54) is 11.8 Å². The summed E-state index contributed by atoms with van der Waals surface area (Å²) in [6, 6.07) is 11.8. The SMILES string of the molecule is Cc1nnc(SCC(=O)N(C)Cc2cc(-c3ccccc3)n[nH]2)o1. The predicted octanol–water partition coefficient (Wildman–Crippen LogP) is 2.52. The molecule has 0 aliphatic heterocycles. The first-order chi connectivity index (χ1) is 11.6. The quantitative estimate of drug-likeness (QED) is 0.692. The van der Waals surface area contributed by atoms with Gasteiger partial charge in [0.25, 0.3) is 5.22 Å². The van der Waals surface area contributed by atoms with E-state index in [1.807, 2.05) is 36.4 Å². The summed E-state index contributed by atoms with van der Waals surface area (Å²) in [6.45, 7) is 2.18. The summed E-state index contributed by atoms with van der Waals surface area (Å²) in [5, 5.41) is 15.3. The van der Waals surface area contributed by atoms with Crippen molar-refractivity contribution in [2.75, 3.05) is 12.8 Å². The van der Waals surface area contributed by atoms with Gasteiger partial charge in [0.1, 0.15) is 0 Å². The van der Waals surface area contributed by atoms with E-state index in [4.69, 9.17) is 4.42 Å². The fraction of sp³-hybridized carbons (Fsp3) is 0.250. The van der Waals surface area contributed by atoms with Crippen molar-refractivity contribution in [1.29, 1.82) is 0 Å². The summed E-state index contributed by atoms with van der Waals surface area (Å²) >= 11 is 1.23. The molecule has 0 aliphatic carbocycles. The molecule has 0 radical (unpaired) electrons. The number of nitrogens with zero attached hydrogens (tertiary/aromatic N) is 4. The molecule has 2 heterocycles. The van der Waals surface area contributed by atoms with Gasteiger partial charge in [-0.1, -0.05) is 42.1 Å². The lowest BCUT2D eigenvalue weighted by Gasteiger charge is -2.15. The van der Waals surface area contributed by atoms with Crippen LogP contribution in [0.2, 0.25) is 0 Å². The fourth-order valence-corrected chi connectivity index (χ4v) is 2.86. The molecule has 0 saturated heterocycles. The number of aromatic nitrogens is 4. The number of benzene rings is 1. The third kappa shape index (κ3) is 4.02. The monoisotopic (exact) mass is 343 g/mol. The molecule has 0 bridgehead atoms. The second-order valence-corrected chi connectivity index (χ2v) is 6.20. The molecule has 0 fully saturated rings. The lowest BCUT2D eigenvalue weighted by Crippen LogP contribution is -2.27. The summed E-state index contributed by atoms with van der Waals surface area (Å²) in [4.78, 5) is 13.8. The minimum atomic E-state index is -0.0216. The summed E-state index contributed by atoms with van der Waals surface area (Å²) in [5.41, 5.74) is 2.78. The van der Waals surface area contributed by atoms with Crippen LogP contribution in [0.4, 0.5) is 0 Å². The standard InChI is InChI=1S/C16H17N5O2S/c1-11-17-20-16(23-11)24-10-15(22)21(2)9-13-8-14(19-18-13)12-6-4-3-5-7-12/h3-8H,9-10H2,1-2H3,(H,18,19). The second kappa shape index (κ2) is 7.31. The van der Waals surface area contributed by atoms with Crippen LogP contribution in [0.15, 0.2) is 46.0 Å². The van der Waals surface area contributed by atoms with Crippen LogP contribution in [0, 0.1) is 6.92 Å². The van der Waals surface area contributed by atoms with Crippen LogP contribution in [0.5, 0.6) is 0 Å². The van der Waals surface area contributed by atoms with Gasteiger partial charge in [0.2, 0.25) is 11.8 Å². The van der Waals surface area contributed by atoms with E-state index in [2.05, 4.69) is 20.4 Å². The van der Waals surface area contributed by atoms with E-state index in [0.29, 0.717) is 17.7 Å². The highest BCUT2D eigenvalue weighted by molar-refractivity contribution is 7.99. The average molecular weight is 343 g/mol. The van der Waals surface area contributed by atoms with E-state index >= 15 is 0 Å². The molecule has 3 aromatic rings. The van der Waals surface area contributed by atoms with Gasteiger partial charge in [-0.15, -0.1) is 10.2 Å². The number of rotatable bonds is 6. The number of carbonyl (C=O) groups excluding carboxylic acids is 1. The van der Waals surface area contributed by atoms with Crippen LogP contribution in [-0.2, 0) is 11.3 Å². The fourth-order valence-electron chi connectivity index (χ4n) is 2.11. The molecule has 2 aromatic heterocycles. The van der Waals surface area contributed by atoms with E-state index in [9.17, 15) is 4.79 Å². The zero-order valence-electron chi connectivity index (χ0n) is 13.4. The van der Waals surface area contributed by atoms with Gasteiger partial charge in [-0.3, -0.25) is 9.89 Å². The first kappa shape index (κ1) is 16.3. The molecular formula is C16H17N5O2S. The Morgan fingerprint density at radius 3 is 2.79 bits per heavy atom. The normalized spacial score (nSPS) is 10.8. The van der Waals surface area contributed by atoms with Crippen LogP contribution in [-0.4, -0.2) is 44.0 Å². The minimum absolute atomic E-state index is 0.0216. The number of H-pyrrole nitrogens is 1. The lowest BCUT2D eigenvalue weighted by atomic mass is 10.1. The number of amides is 1. The molecule has 0 spiro atoms. The van der Waals surface area contributed by atoms with Crippen LogP contribution in [0.3, 0.4) is 0 Å². The van der Waals surface area contributed by atoms with Crippen LogP contribution in [0.1, 0.15) is 11.6 Å². The van der Waals surface area contributed by atoms with Gasteiger partial charge in [-0.2, -0.15) is 5.10 Å². The Bertz CT molecular complexity index is 815. The van der Waals surface area contributed by atoms with Gasteiger partial charge in [-0.05, 0) is 6.07 Å². The molecular weight excluding hydrogens is 326 g/mol. The maximum atomic E-state index is 12.2. The number of aryl methyl sites for hydroxylation is 1. The highest BCUT2D eigenvalue weighted by Crippen LogP contribution is 2.19. The van der Waals surface area contributed by atoms with Crippen molar-refractivity contribution in [1.82, 2.24) is 25.3 Å². The van der Waals surface area contributed by atoms with Gasteiger partial charge in [0.05, 0.1) is 23.7 Å². The van der Waals surface area contributed by atoms with Crippen molar-refractivity contribution in [3.8, 4) is 11.3 Å². The van der Waals surface area contributed by atoms with Crippen LogP contribution >= 0.6 is 11.8 Å². The second-order valence-electron chi connectivity index (χ2n) is 5.27. The van der Waals surface area contributed by atoms with Gasteiger partial charge < -0.3 is 9.32 Å². The zero-order chi connectivity index (χ0) is 16.9. The molecule has 1 N–H and O–H groups in total. The summed E-state index contributed by atoms with van der Waals surface area (Å²) in [5.74, 6) is 0.716. The number of nitrogens with one attached hydrogen (secondary N) is 1. The number of hydrogen-bond donors (Lipinski definition) is 1. The maximum absolute atomic E-state index is 12.2. The molecule has 0 aliphatic rings. The molecule has 0 atom stereocenters. The Kier molecular flexibility index (Phi) is 4.95. The first-order valence-electron chi connectivity index (χ1n) is 7.38. The van der Waals surface area contributed by atoms with E-state index in [1.54, 1.807) is 18.9 Å². The Labute approximate surface area is 143 Å². The largest absolute Gasteiger partial charge is 0.416 e. The smallest absolute Gasteiger partial charge is 0.277 e. The van der Waals surface area contributed by atoms with E-state index < -0.39 is 0 Å². The summed E-state index contributed by atoms with van der Waals surface area (Å²) in [6.07, 6.45) is 0. The van der Waals surface area contributed by atoms with Crippen molar-refractivity contribution in [3.63, 3.8) is 0 Å². The number of thioether (sulfide) groups is 1. The molecule has 3 rings (SSSR count). The summed E-state index contributed by atoms with van der Waals surface area (Å²) in [7, 11) is 1.75. The van der Waals surface area contributed by atoms with Gasteiger partial charge >= 0.3 is 0 Å². The number of hydrogen-bond acceptors (Lipinski definition) is 6. The lowest BCUT2D eigenvalue weighted by molar-refractivity contribution is -0.127. The van der Waals surface area contributed by atoms with Crippen molar-refractivity contribution < 1.29 is 9.21 Å². The van der Waals surface area contributed by atoms with Crippen molar-refractivity contribution in [2.45, 2.75) is 18.7 Å². The predicted molar refractivity (Wildman–Crippen MR) is 90.3 cm³/mol. The molecule has 1 aromatic carbocycles. The Morgan fingerprint density at radius 2 is 2.08 bits per heavy atom. The number of aromatic amines is 1. The first-order valence-corrected chi connectivity index (χ1v) is 8.37. The Hall–Kier alpha value is -2.61. The maximum Gasteiger partial charge on any atom is 0.277 e. The average Bonchev–Trinajstić information content (AvgIpc) is 3.22. The molecule has 124 valence electrons. The van der Waals surface area contributed by atoms with Gasteiger partial charge in [0.15, 0.2) is 0 Å². The molecule has 24 heavy (non-hydrogen) atoms. The molecule has 0 unspecified atom stereocenters. The molecule has 7 nitrogen and oxygen atoms in total. The van der Waals surface area contributed by atoms with E-state index in [-0.39, 0.29) is 11.7 Å². The Morgan fingerprint density at radius 1 is 1.29 bits per heavy atom. The molecule has 8 heteroatoms. The third-order valence-corrected chi connectivity index (χ3v) is 4.16. The molecule has 0 saturated carbocycles. The van der Waals surface area contributed by atoms with Gasteiger partial charge in [0, 0.05) is 19.5 Å². The molecule has 1 amide bonds.